The first-order valence-electron chi connectivity index (χ1n) is 9.77. The molecule has 3 aromatic carbocycles. The summed E-state index contributed by atoms with van der Waals surface area (Å²) in [4.78, 5) is 12.9. The molecular formula is C23H20FN3O3S2. The van der Waals surface area contributed by atoms with E-state index in [1.54, 1.807) is 30.5 Å². The van der Waals surface area contributed by atoms with Crippen molar-refractivity contribution in [2.24, 2.45) is 0 Å². The number of benzene rings is 3. The molecule has 0 aliphatic carbocycles. The highest BCUT2D eigenvalue weighted by atomic mass is 32.2. The highest BCUT2D eigenvalue weighted by Crippen LogP contribution is 2.23. The van der Waals surface area contributed by atoms with Gasteiger partial charge in [0, 0.05) is 23.8 Å². The van der Waals surface area contributed by atoms with E-state index in [4.69, 9.17) is 0 Å². The third-order valence-corrected chi connectivity index (χ3v) is 7.47. The van der Waals surface area contributed by atoms with E-state index in [9.17, 15) is 17.6 Å². The van der Waals surface area contributed by atoms with Crippen LogP contribution >= 0.6 is 11.5 Å². The molecule has 1 N–H and O–H groups in total. The van der Waals surface area contributed by atoms with Gasteiger partial charge >= 0.3 is 0 Å². The molecule has 0 unspecified atom stereocenters. The second-order valence-electron chi connectivity index (χ2n) is 7.34. The Labute approximate surface area is 189 Å². The lowest BCUT2D eigenvalue weighted by Crippen LogP contribution is -2.37. The number of carbonyl (C=O) groups is 1. The minimum atomic E-state index is -3.97. The van der Waals surface area contributed by atoms with E-state index in [2.05, 4.69) is 9.69 Å². The van der Waals surface area contributed by atoms with E-state index < -0.39 is 28.3 Å². The van der Waals surface area contributed by atoms with E-state index in [0.29, 0.717) is 11.3 Å². The monoisotopic (exact) mass is 469 g/mol. The van der Waals surface area contributed by atoms with Crippen molar-refractivity contribution in [1.82, 2.24) is 8.68 Å². The molecule has 0 aliphatic heterocycles. The molecule has 0 aliphatic rings. The number of amides is 1. The Morgan fingerprint density at radius 1 is 1.06 bits per heavy atom. The maximum Gasteiger partial charge on any atom is 0.243 e. The number of hydrogen-bond donors (Lipinski definition) is 1. The third kappa shape index (κ3) is 5.01. The zero-order valence-electron chi connectivity index (χ0n) is 17.2. The molecule has 1 heterocycles. The third-order valence-electron chi connectivity index (χ3n) is 4.89. The lowest BCUT2D eigenvalue weighted by molar-refractivity contribution is -0.116. The molecule has 6 nitrogen and oxygen atoms in total. The van der Waals surface area contributed by atoms with Gasteiger partial charge in [-0.1, -0.05) is 29.8 Å². The van der Waals surface area contributed by atoms with Crippen molar-refractivity contribution in [3.63, 3.8) is 0 Å². The van der Waals surface area contributed by atoms with Crippen molar-refractivity contribution in [2.45, 2.75) is 18.4 Å². The summed E-state index contributed by atoms with van der Waals surface area (Å²) in [7, 11) is -3.97. The Kier molecular flexibility index (Phi) is 6.31. The molecule has 164 valence electrons. The summed E-state index contributed by atoms with van der Waals surface area (Å²) >= 11 is 1.35. The van der Waals surface area contributed by atoms with Gasteiger partial charge in [0.25, 0.3) is 0 Å². The molecule has 0 bridgehead atoms. The van der Waals surface area contributed by atoms with E-state index in [0.717, 1.165) is 20.0 Å². The molecule has 1 aromatic heterocycles. The quantitative estimate of drug-likeness (QED) is 0.430. The molecule has 9 heteroatoms. The van der Waals surface area contributed by atoms with Crippen molar-refractivity contribution >= 4 is 43.2 Å². The van der Waals surface area contributed by atoms with Gasteiger partial charge in [-0.3, -0.25) is 4.79 Å². The van der Waals surface area contributed by atoms with Crippen molar-refractivity contribution in [1.29, 1.82) is 0 Å². The predicted octanol–water partition coefficient (Wildman–Crippen LogP) is 4.57. The molecule has 32 heavy (non-hydrogen) atoms. The molecule has 0 saturated carbocycles. The molecule has 0 saturated heterocycles. The Morgan fingerprint density at radius 2 is 1.78 bits per heavy atom. The van der Waals surface area contributed by atoms with Gasteiger partial charge in [-0.25, -0.2) is 12.8 Å². The number of rotatable bonds is 7. The SMILES string of the molecule is Cc1ccc(S(=O)(=O)N(CC(=O)Nc2ccc3sncc3c2)Cc2ccc(F)cc2)cc1. The van der Waals surface area contributed by atoms with E-state index >= 15 is 0 Å². The summed E-state index contributed by atoms with van der Waals surface area (Å²) in [5, 5.41) is 3.65. The number of hydrogen-bond acceptors (Lipinski definition) is 5. The van der Waals surface area contributed by atoms with Crippen molar-refractivity contribution < 1.29 is 17.6 Å². The van der Waals surface area contributed by atoms with Crippen molar-refractivity contribution in [2.75, 3.05) is 11.9 Å². The van der Waals surface area contributed by atoms with Crippen LogP contribution < -0.4 is 5.32 Å². The Morgan fingerprint density at radius 3 is 2.50 bits per heavy atom. The minimum Gasteiger partial charge on any atom is -0.325 e. The minimum absolute atomic E-state index is 0.0720. The highest BCUT2D eigenvalue weighted by Gasteiger charge is 2.27. The van der Waals surface area contributed by atoms with Gasteiger partial charge in [0.15, 0.2) is 0 Å². The number of nitrogens with zero attached hydrogens (tertiary/aromatic N) is 2. The number of sulfonamides is 1. The van der Waals surface area contributed by atoms with Crippen LogP contribution in [0.3, 0.4) is 0 Å². The average Bonchev–Trinajstić information content (AvgIpc) is 3.23. The summed E-state index contributed by atoms with van der Waals surface area (Å²) in [6.45, 7) is 1.39. The van der Waals surface area contributed by atoms with Gasteiger partial charge in [-0.15, -0.1) is 0 Å². The average molecular weight is 470 g/mol. The number of nitrogens with one attached hydrogen (secondary N) is 1. The first-order valence-corrected chi connectivity index (χ1v) is 12.0. The fourth-order valence-electron chi connectivity index (χ4n) is 3.19. The fourth-order valence-corrected chi connectivity index (χ4v) is 5.20. The molecular weight excluding hydrogens is 449 g/mol. The fraction of sp³-hybridized carbons (Fsp3) is 0.130. The van der Waals surface area contributed by atoms with Gasteiger partial charge < -0.3 is 5.32 Å². The second-order valence-corrected chi connectivity index (χ2v) is 10.1. The number of anilines is 1. The smallest absolute Gasteiger partial charge is 0.243 e. The number of halogens is 1. The first-order chi connectivity index (χ1) is 15.3. The van der Waals surface area contributed by atoms with Crippen LogP contribution in [0.1, 0.15) is 11.1 Å². The Balaban J connectivity index is 1.59. The standard InChI is InChI=1S/C23H20FN3O3S2/c1-16-2-9-21(10-3-16)32(29,30)27(14-17-4-6-19(24)7-5-17)15-23(28)26-20-8-11-22-18(12-20)13-25-31-22/h2-13H,14-15H2,1H3,(H,26,28). The van der Waals surface area contributed by atoms with Crippen molar-refractivity contribution in [3.05, 3.63) is 89.9 Å². The molecule has 0 radical (unpaired) electrons. The zero-order chi connectivity index (χ0) is 22.7. The molecule has 4 aromatic rings. The van der Waals surface area contributed by atoms with Crippen LogP contribution in [0.25, 0.3) is 10.1 Å². The summed E-state index contributed by atoms with van der Waals surface area (Å²) in [6, 6.07) is 17.3. The van der Waals surface area contributed by atoms with Crippen LogP contribution in [0.15, 0.2) is 77.8 Å². The lowest BCUT2D eigenvalue weighted by Gasteiger charge is -2.22. The van der Waals surface area contributed by atoms with Crippen LogP contribution in [0.5, 0.6) is 0 Å². The largest absolute Gasteiger partial charge is 0.325 e. The second kappa shape index (κ2) is 9.15. The van der Waals surface area contributed by atoms with Gasteiger partial charge in [0.05, 0.1) is 16.1 Å². The number of fused-ring (bicyclic) bond motifs is 1. The van der Waals surface area contributed by atoms with Crippen LogP contribution in [-0.2, 0) is 21.4 Å². The first kappa shape index (κ1) is 22.1. The summed E-state index contributed by atoms with van der Waals surface area (Å²) in [5.74, 6) is -0.900. The number of carbonyl (C=O) groups excluding carboxylic acids is 1. The van der Waals surface area contributed by atoms with E-state index in [1.165, 1.54) is 47.9 Å². The maximum atomic E-state index is 13.3. The molecule has 0 atom stereocenters. The van der Waals surface area contributed by atoms with Gasteiger partial charge in [-0.2, -0.15) is 8.68 Å². The van der Waals surface area contributed by atoms with Gasteiger partial charge in [0.2, 0.25) is 15.9 Å². The Hall–Kier alpha value is -3.14. The summed E-state index contributed by atoms with van der Waals surface area (Å²) in [5.41, 5.74) is 2.04. The topological polar surface area (TPSA) is 79.4 Å². The van der Waals surface area contributed by atoms with Crippen LogP contribution in [0, 0.1) is 12.7 Å². The van der Waals surface area contributed by atoms with E-state index in [-0.39, 0.29) is 11.4 Å². The molecule has 1 amide bonds. The summed E-state index contributed by atoms with van der Waals surface area (Å²) in [6.07, 6.45) is 1.71. The normalized spacial score (nSPS) is 11.7. The maximum absolute atomic E-state index is 13.3. The van der Waals surface area contributed by atoms with Gasteiger partial charge in [0.1, 0.15) is 5.82 Å². The van der Waals surface area contributed by atoms with Crippen molar-refractivity contribution in [3.8, 4) is 0 Å². The number of aryl methyl sites for hydroxylation is 1. The van der Waals surface area contributed by atoms with Crippen LogP contribution in [-0.4, -0.2) is 29.5 Å². The molecule has 0 fully saturated rings. The molecule has 4 rings (SSSR count). The number of aromatic nitrogens is 1. The Bertz CT molecular complexity index is 1350. The van der Waals surface area contributed by atoms with Crippen LogP contribution in [0.2, 0.25) is 0 Å². The van der Waals surface area contributed by atoms with E-state index in [1.807, 2.05) is 13.0 Å². The zero-order valence-corrected chi connectivity index (χ0v) is 18.8. The summed E-state index contributed by atoms with van der Waals surface area (Å²) < 4.78 is 46.1. The molecule has 0 spiro atoms. The van der Waals surface area contributed by atoms with Gasteiger partial charge in [-0.05, 0) is 66.5 Å². The lowest BCUT2D eigenvalue weighted by atomic mass is 10.2. The highest BCUT2D eigenvalue weighted by molar-refractivity contribution is 7.89. The predicted molar refractivity (Wildman–Crippen MR) is 123 cm³/mol. The van der Waals surface area contributed by atoms with Crippen LogP contribution in [0.4, 0.5) is 10.1 Å².